The highest BCUT2D eigenvalue weighted by molar-refractivity contribution is 6.30. The third kappa shape index (κ3) is 3.33. The van der Waals surface area contributed by atoms with Gasteiger partial charge in [-0.2, -0.15) is 0 Å². The fourth-order valence-corrected chi connectivity index (χ4v) is 2.44. The molecule has 0 aliphatic carbocycles. The van der Waals surface area contributed by atoms with Gasteiger partial charge in [-0.3, -0.25) is 4.90 Å². The molecule has 0 bridgehead atoms. The van der Waals surface area contributed by atoms with Crippen molar-refractivity contribution in [2.24, 2.45) is 0 Å². The number of hydrogen-bond donors (Lipinski definition) is 1. The van der Waals surface area contributed by atoms with Crippen LogP contribution in [0.4, 0.5) is 0 Å². The highest BCUT2D eigenvalue weighted by Crippen LogP contribution is 2.17. The average molecular weight is 289 g/mol. The van der Waals surface area contributed by atoms with Gasteiger partial charge in [0, 0.05) is 61.3 Å². The molecule has 4 nitrogen and oxygen atoms in total. The summed E-state index contributed by atoms with van der Waals surface area (Å²) in [5.74, 6) is 0.741. The van der Waals surface area contributed by atoms with E-state index in [1.165, 1.54) is 0 Å². The molecule has 0 radical (unpaired) electrons. The summed E-state index contributed by atoms with van der Waals surface area (Å²) in [4.78, 5) is 11.3. The van der Waals surface area contributed by atoms with Crippen LogP contribution in [0, 0.1) is 0 Å². The number of benzene rings is 1. The lowest BCUT2D eigenvalue weighted by Gasteiger charge is -2.26. The van der Waals surface area contributed by atoms with Crippen LogP contribution in [0.3, 0.4) is 0 Å². The Morgan fingerprint density at radius 2 is 1.70 bits per heavy atom. The summed E-state index contributed by atoms with van der Waals surface area (Å²) >= 11 is 5.88. The molecular formula is C15H17ClN4. The van der Waals surface area contributed by atoms with E-state index in [-0.39, 0.29) is 0 Å². The Hall–Kier alpha value is -1.49. The molecule has 1 aliphatic rings. The normalized spacial score (nSPS) is 16.2. The van der Waals surface area contributed by atoms with Gasteiger partial charge in [-0.15, -0.1) is 0 Å². The predicted octanol–water partition coefficient (Wildman–Crippen LogP) is 2.20. The Morgan fingerprint density at radius 3 is 2.35 bits per heavy atom. The molecule has 0 spiro atoms. The minimum Gasteiger partial charge on any atom is -0.314 e. The second kappa shape index (κ2) is 6.31. The maximum Gasteiger partial charge on any atom is 0.159 e. The molecule has 0 saturated carbocycles. The van der Waals surface area contributed by atoms with E-state index in [9.17, 15) is 0 Å². The zero-order chi connectivity index (χ0) is 13.8. The molecule has 2 heterocycles. The van der Waals surface area contributed by atoms with E-state index < -0.39 is 0 Å². The summed E-state index contributed by atoms with van der Waals surface area (Å²) in [6, 6.07) is 7.59. The second-order valence-corrected chi connectivity index (χ2v) is 5.38. The van der Waals surface area contributed by atoms with Gasteiger partial charge in [-0.05, 0) is 24.3 Å². The summed E-state index contributed by atoms with van der Waals surface area (Å²) in [5.41, 5.74) is 2.15. The van der Waals surface area contributed by atoms with Gasteiger partial charge >= 0.3 is 0 Å². The molecule has 1 aromatic carbocycles. The zero-order valence-electron chi connectivity index (χ0n) is 11.2. The van der Waals surface area contributed by atoms with Gasteiger partial charge in [-0.1, -0.05) is 11.6 Å². The molecule has 104 valence electrons. The van der Waals surface area contributed by atoms with Crippen molar-refractivity contribution in [3.8, 4) is 11.4 Å². The van der Waals surface area contributed by atoms with Crippen molar-refractivity contribution in [2.45, 2.75) is 6.54 Å². The van der Waals surface area contributed by atoms with Crippen molar-refractivity contribution in [1.82, 2.24) is 20.2 Å². The summed E-state index contributed by atoms with van der Waals surface area (Å²) in [7, 11) is 0. The fraction of sp³-hybridized carbons (Fsp3) is 0.333. The van der Waals surface area contributed by atoms with Crippen LogP contribution in [0.1, 0.15) is 5.56 Å². The number of aromatic nitrogens is 2. The molecule has 0 amide bonds. The van der Waals surface area contributed by atoms with Crippen molar-refractivity contribution in [2.75, 3.05) is 26.2 Å². The predicted molar refractivity (Wildman–Crippen MR) is 80.6 cm³/mol. The van der Waals surface area contributed by atoms with Crippen molar-refractivity contribution in [3.63, 3.8) is 0 Å². The minimum absolute atomic E-state index is 0.726. The third-order valence-electron chi connectivity index (χ3n) is 3.42. The summed E-state index contributed by atoms with van der Waals surface area (Å²) in [6.07, 6.45) is 3.83. The van der Waals surface area contributed by atoms with Crippen molar-refractivity contribution < 1.29 is 0 Å². The van der Waals surface area contributed by atoms with Crippen molar-refractivity contribution in [3.05, 3.63) is 47.2 Å². The lowest BCUT2D eigenvalue weighted by atomic mass is 10.2. The number of halogens is 1. The van der Waals surface area contributed by atoms with Gasteiger partial charge in [0.2, 0.25) is 0 Å². The van der Waals surface area contributed by atoms with Crippen LogP contribution in [-0.2, 0) is 6.54 Å². The van der Waals surface area contributed by atoms with Crippen LogP contribution in [0.5, 0.6) is 0 Å². The molecule has 5 heteroatoms. The first kappa shape index (κ1) is 13.5. The lowest BCUT2D eigenvalue weighted by Crippen LogP contribution is -2.42. The minimum atomic E-state index is 0.726. The standard InChI is InChI=1S/C15H17ClN4/c16-14-3-1-13(2-4-14)15-18-9-12(10-19-15)11-20-7-5-17-6-8-20/h1-4,9-10,17H,5-8,11H2. The number of hydrogen-bond acceptors (Lipinski definition) is 4. The van der Waals surface area contributed by atoms with Crippen molar-refractivity contribution in [1.29, 1.82) is 0 Å². The first-order chi connectivity index (χ1) is 9.81. The van der Waals surface area contributed by atoms with Gasteiger partial charge in [0.15, 0.2) is 5.82 Å². The van der Waals surface area contributed by atoms with E-state index in [0.717, 1.165) is 54.7 Å². The first-order valence-corrected chi connectivity index (χ1v) is 7.19. The Bertz CT molecular complexity index is 547. The van der Waals surface area contributed by atoms with E-state index in [1.807, 2.05) is 36.7 Å². The Labute approximate surface area is 123 Å². The SMILES string of the molecule is Clc1ccc(-c2ncc(CN3CCNCC3)cn2)cc1. The van der Waals surface area contributed by atoms with Crippen LogP contribution in [0.2, 0.25) is 5.02 Å². The van der Waals surface area contributed by atoms with Crippen LogP contribution < -0.4 is 5.32 Å². The van der Waals surface area contributed by atoms with Gasteiger partial charge < -0.3 is 5.32 Å². The first-order valence-electron chi connectivity index (χ1n) is 6.81. The van der Waals surface area contributed by atoms with Crippen LogP contribution in [-0.4, -0.2) is 41.0 Å². The highest BCUT2D eigenvalue weighted by atomic mass is 35.5. The van der Waals surface area contributed by atoms with E-state index in [1.54, 1.807) is 0 Å². The van der Waals surface area contributed by atoms with E-state index >= 15 is 0 Å². The summed E-state index contributed by atoms with van der Waals surface area (Å²) in [5, 5.41) is 4.08. The molecule has 1 aliphatic heterocycles. The Morgan fingerprint density at radius 1 is 1.05 bits per heavy atom. The molecule has 2 aromatic rings. The average Bonchev–Trinajstić information content (AvgIpc) is 2.50. The van der Waals surface area contributed by atoms with Gasteiger partial charge in [-0.25, -0.2) is 9.97 Å². The molecule has 0 unspecified atom stereocenters. The zero-order valence-corrected chi connectivity index (χ0v) is 12.0. The van der Waals surface area contributed by atoms with Crippen LogP contribution >= 0.6 is 11.6 Å². The maximum absolute atomic E-state index is 5.88. The molecule has 1 saturated heterocycles. The van der Waals surface area contributed by atoms with Gasteiger partial charge in [0.1, 0.15) is 0 Å². The number of nitrogens with zero attached hydrogens (tertiary/aromatic N) is 3. The largest absolute Gasteiger partial charge is 0.314 e. The molecule has 1 aromatic heterocycles. The smallest absolute Gasteiger partial charge is 0.159 e. The van der Waals surface area contributed by atoms with E-state index in [2.05, 4.69) is 20.2 Å². The number of rotatable bonds is 3. The van der Waals surface area contributed by atoms with Gasteiger partial charge in [0.05, 0.1) is 0 Å². The fourth-order valence-electron chi connectivity index (χ4n) is 2.31. The number of piperazine rings is 1. The molecule has 0 atom stereocenters. The van der Waals surface area contributed by atoms with E-state index in [0.29, 0.717) is 0 Å². The molecule has 3 rings (SSSR count). The van der Waals surface area contributed by atoms with E-state index in [4.69, 9.17) is 11.6 Å². The quantitative estimate of drug-likeness (QED) is 0.940. The Balaban J connectivity index is 1.69. The summed E-state index contributed by atoms with van der Waals surface area (Å²) in [6.45, 7) is 5.20. The molecule has 1 N–H and O–H groups in total. The van der Waals surface area contributed by atoms with Crippen LogP contribution in [0.15, 0.2) is 36.7 Å². The maximum atomic E-state index is 5.88. The molecule has 20 heavy (non-hydrogen) atoms. The topological polar surface area (TPSA) is 41.1 Å². The second-order valence-electron chi connectivity index (χ2n) is 4.95. The molecular weight excluding hydrogens is 272 g/mol. The third-order valence-corrected chi connectivity index (χ3v) is 3.68. The monoisotopic (exact) mass is 288 g/mol. The Kier molecular flexibility index (Phi) is 4.25. The van der Waals surface area contributed by atoms with Crippen LogP contribution in [0.25, 0.3) is 11.4 Å². The highest BCUT2D eigenvalue weighted by Gasteiger charge is 2.10. The van der Waals surface area contributed by atoms with Crippen molar-refractivity contribution >= 4 is 11.6 Å². The number of nitrogens with one attached hydrogen (secondary N) is 1. The summed E-state index contributed by atoms with van der Waals surface area (Å²) < 4.78 is 0. The van der Waals surface area contributed by atoms with Gasteiger partial charge in [0.25, 0.3) is 0 Å². The molecule has 1 fully saturated rings. The lowest BCUT2D eigenvalue weighted by molar-refractivity contribution is 0.233.